The summed E-state index contributed by atoms with van der Waals surface area (Å²) in [7, 11) is -1.05. The molecule has 4 nitrogen and oxygen atoms in total. The summed E-state index contributed by atoms with van der Waals surface area (Å²) < 4.78 is 4.87. The van der Waals surface area contributed by atoms with Crippen molar-refractivity contribution in [3.05, 3.63) is 29.8 Å². The van der Waals surface area contributed by atoms with Crippen molar-refractivity contribution >= 4 is 12.6 Å². The number of aliphatic hydroxyl groups is 1. The van der Waals surface area contributed by atoms with Crippen LogP contribution in [0.5, 0.6) is 0 Å². The Kier molecular flexibility index (Phi) is 4.14. The minimum Gasteiger partial charge on any atom is -0.423 e. The number of hydrogen-bond donors (Lipinski definition) is 2. The van der Waals surface area contributed by atoms with E-state index in [-0.39, 0.29) is 13.2 Å². The Hall–Kier alpha value is -1.35. The Morgan fingerprint density at radius 2 is 2.00 bits per heavy atom. The number of nitrogens with zero attached hydrogens (tertiary/aromatic N) is 1. The lowest BCUT2D eigenvalue weighted by atomic mass is 9.79. The summed E-state index contributed by atoms with van der Waals surface area (Å²) >= 11 is 0. The lowest BCUT2D eigenvalue weighted by Gasteiger charge is -2.06. The van der Waals surface area contributed by atoms with Gasteiger partial charge in [0, 0.05) is 0 Å². The van der Waals surface area contributed by atoms with Crippen LogP contribution in [-0.4, -0.2) is 30.5 Å². The number of rotatable bonds is 4. The minimum absolute atomic E-state index is 0.0845. The summed E-state index contributed by atoms with van der Waals surface area (Å²) in [5, 5.41) is 26.4. The molecule has 1 rings (SSSR count). The second kappa shape index (κ2) is 5.40. The molecule has 72 valence electrons. The molecule has 0 atom stereocenters. The average Bonchev–Trinajstić information content (AvgIpc) is 2.26. The summed E-state index contributed by atoms with van der Waals surface area (Å²) in [5.41, 5.74) is 1.10. The molecular weight excluding hydrogens is 181 g/mol. The third-order valence-electron chi connectivity index (χ3n) is 1.69. The van der Waals surface area contributed by atoms with Gasteiger partial charge in [0.1, 0.15) is 0 Å². The molecule has 5 heteroatoms. The van der Waals surface area contributed by atoms with Crippen molar-refractivity contribution in [3.63, 3.8) is 0 Å². The first-order chi connectivity index (χ1) is 6.77. The molecule has 0 heterocycles. The highest BCUT2D eigenvalue weighted by molar-refractivity contribution is 6.59. The highest BCUT2D eigenvalue weighted by Crippen LogP contribution is 1.95. The molecule has 0 saturated carbocycles. The van der Waals surface area contributed by atoms with Crippen molar-refractivity contribution in [1.82, 2.24) is 0 Å². The summed E-state index contributed by atoms with van der Waals surface area (Å²) in [5.74, 6) is 0. The van der Waals surface area contributed by atoms with Crippen LogP contribution in [0.4, 0.5) is 0 Å². The van der Waals surface area contributed by atoms with Gasteiger partial charge in [0.25, 0.3) is 0 Å². The van der Waals surface area contributed by atoms with Crippen molar-refractivity contribution in [2.75, 3.05) is 13.2 Å². The topological polar surface area (TPSA) is 73.5 Å². The van der Waals surface area contributed by atoms with Gasteiger partial charge in [-0.3, -0.25) is 0 Å². The van der Waals surface area contributed by atoms with Crippen molar-refractivity contribution in [2.45, 2.75) is 0 Å². The molecule has 0 amide bonds. The van der Waals surface area contributed by atoms with Crippen LogP contribution in [0.25, 0.3) is 0 Å². The van der Waals surface area contributed by atoms with Gasteiger partial charge < -0.3 is 14.8 Å². The molecule has 1 aromatic rings. The number of hydrogen-bond acceptors (Lipinski definition) is 4. The van der Waals surface area contributed by atoms with Crippen LogP contribution in [0.2, 0.25) is 0 Å². The number of nitriles is 1. The van der Waals surface area contributed by atoms with E-state index in [1.807, 2.05) is 6.07 Å². The van der Waals surface area contributed by atoms with E-state index in [0.717, 1.165) is 0 Å². The summed E-state index contributed by atoms with van der Waals surface area (Å²) in [6, 6.07) is 8.39. The predicted octanol–water partition coefficient (Wildman–Crippen LogP) is -0.745. The van der Waals surface area contributed by atoms with Gasteiger partial charge in [-0.25, -0.2) is 0 Å². The highest BCUT2D eigenvalue weighted by atomic mass is 16.5. The fraction of sp³-hybridized carbons (Fsp3) is 0.222. The fourth-order valence-corrected chi connectivity index (χ4v) is 0.983. The van der Waals surface area contributed by atoms with Crippen LogP contribution in [-0.2, 0) is 4.65 Å². The first kappa shape index (κ1) is 10.7. The molecule has 0 aliphatic heterocycles. The van der Waals surface area contributed by atoms with E-state index in [2.05, 4.69) is 0 Å². The lowest BCUT2D eigenvalue weighted by molar-refractivity contribution is 0.183. The Morgan fingerprint density at radius 3 is 2.50 bits per heavy atom. The van der Waals surface area contributed by atoms with Gasteiger partial charge in [-0.15, -0.1) is 0 Å². The Bertz CT molecular complexity index is 320. The zero-order chi connectivity index (χ0) is 10.4. The van der Waals surface area contributed by atoms with Crippen molar-refractivity contribution in [2.24, 2.45) is 0 Å². The van der Waals surface area contributed by atoms with Crippen molar-refractivity contribution in [3.8, 4) is 6.07 Å². The Morgan fingerprint density at radius 1 is 1.36 bits per heavy atom. The van der Waals surface area contributed by atoms with E-state index in [9.17, 15) is 5.02 Å². The summed E-state index contributed by atoms with van der Waals surface area (Å²) in [6.45, 7) is -0.0471. The van der Waals surface area contributed by atoms with E-state index in [1.54, 1.807) is 24.3 Å². The second-order valence-corrected chi connectivity index (χ2v) is 2.68. The summed E-state index contributed by atoms with van der Waals surface area (Å²) in [6.07, 6.45) is 0. The zero-order valence-electron chi connectivity index (χ0n) is 7.55. The van der Waals surface area contributed by atoms with Crippen molar-refractivity contribution < 1.29 is 14.8 Å². The monoisotopic (exact) mass is 191 g/mol. The molecule has 0 bridgehead atoms. The van der Waals surface area contributed by atoms with E-state index in [1.165, 1.54) is 0 Å². The maximum absolute atomic E-state index is 9.40. The minimum atomic E-state index is -1.05. The molecule has 14 heavy (non-hydrogen) atoms. The third-order valence-corrected chi connectivity index (χ3v) is 1.69. The largest absolute Gasteiger partial charge is 0.491 e. The normalized spacial score (nSPS) is 9.50. The molecule has 0 aliphatic rings. The Labute approximate surface area is 82.5 Å². The van der Waals surface area contributed by atoms with E-state index >= 15 is 0 Å². The smallest absolute Gasteiger partial charge is 0.423 e. The van der Waals surface area contributed by atoms with E-state index in [0.29, 0.717) is 11.0 Å². The quantitative estimate of drug-likeness (QED) is 0.614. The van der Waals surface area contributed by atoms with Gasteiger partial charge in [-0.2, -0.15) is 5.26 Å². The molecule has 0 spiro atoms. The average molecular weight is 191 g/mol. The number of benzene rings is 1. The number of aliphatic hydroxyl groups excluding tert-OH is 1. The molecule has 2 N–H and O–H groups in total. The highest BCUT2D eigenvalue weighted by Gasteiger charge is 2.15. The molecule has 0 aromatic heterocycles. The standard InChI is InChI=1S/C9H10BNO3/c11-7-8-1-3-9(4-2-8)10(13)14-6-5-12/h1-4,12-13H,5-6H2. The Balaban J connectivity index is 2.63. The van der Waals surface area contributed by atoms with Crippen LogP contribution >= 0.6 is 0 Å². The lowest BCUT2D eigenvalue weighted by Crippen LogP contribution is -2.34. The summed E-state index contributed by atoms with van der Waals surface area (Å²) in [4.78, 5) is 0. The van der Waals surface area contributed by atoms with Gasteiger partial charge in [-0.1, -0.05) is 12.1 Å². The van der Waals surface area contributed by atoms with E-state index in [4.69, 9.17) is 15.0 Å². The van der Waals surface area contributed by atoms with E-state index < -0.39 is 7.12 Å². The third kappa shape index (κ3) is 2.85. The molecule has 0 radical (unpaired) electrons. The first-order valence-electron chi connectivity index (χ1n) is 4.18. The van der Waals surface area contributed by atoms with Crippen LogP contribution in [0.3, 0.4) is 0 Å². The van der Waals surface area contributed by atoms with Crippen LogP contribution in [0.1, 0.15) is 5.56 Å². The van der Waals surface area contributed by atoms with Crippen LogP contribution in [0, 0.1) is 11.3 Å². The molecule has 0 saturated heterocycles. The van der Waals surface area contributed by atoms with Gasteiger partial charge in [-0.05, 0) is 17.6 Å². The zero-order valence-corrected chi connectivity index (χ0v) is 7.55. The molecule has 0 fully saturated rings. The van der Waals surface area contributed by atoms with Gasteiger partial charge in [0.15, 0.2) is 0 Å². The van der Waals surface area contributed by atoms with Gasteiger partial charge >= 0.3 is 7.12 Å². The van der Waals surface area contributed by atoms with Crippen LogP contribution < -0.4 is 5.46 Å². The maximum atomic E-state index is 9.40. The van der Waals surface area contributed by atoms with Gasteiger partial charge in [0.2, 0.25) is 0 Å². The first-order valence-corrected chi connectivity index (χ1v) is 4.18. The molecule has 0 aliphatic carbocycles. The van der Waals surface area contributed by atoms with Crippen molar-refractivity contribution in [1.29, 1.82) is 5.26 Å². The molecule has 0 unspecified atom stereocenters. The SMILES string of the molecule is N#Cc1ccc(B(O)OCCO)cc1. The molecular formula is C9H10BNO3. The fourth-order valence-electron chi connectivity index (χ4n) is 0.983. The van der Waals surface area contributed by atoms with Gasteiger partial charge in [0.05, 0.1) is 24.8 Å². The maximum Gasteiger partial charge on any atom is 0.491 e. The predicted molar refractivity (Wildman–Crippen MR) is 51.8 cm³/mol. The second-order valence-electron chi connectivity index (χ2n) is 2.68. The molecule has 1 aromatic carbocycles. The van der Waals surface area contributed by atoms with Crippen LogP contribution in [0.15, 0.2) is 24.3 Å².